The molecular weight excluding hydrogens is 266 g/mol. The van der Waals surface area contributed by atoms with E-state index in [1.54, 1.807) is 0 Å². The Balaban J connectivity index is 2.15. The average Bonchev–Trinajstić information content (AvgIpc) is 2.49. The van der Waals surface area contributed by atoms with Crippen LogP contribution in [0, 0.1) is 0 Å². The molecule has 1 unspecified atom stereocenters. The highest BCUT2D eigenvalue weighted by molar-refractivity contribution is 5.46. The predicted octanol–water partition coefficient (Wildman–Crippen LogP) is 3.14. The average molecular weight is 293 g/mol. The first-order chi connectivity index (χ1) is 10.2. The van der Waals surface area contributed by atoms with E-state index in [1.165, 1.54) is 0 Å². The second kappa shape index (κ2) is 8.25. The first-order valence-electron chi connectivity index (χ1n) is 7.93. The second-order valence-electron chi connectivity index (χ2n) is 5.67. The molecule has 1 saturated heterocycles. The number of benzene rings is 1. The van der Waals surface area contributed by atoms with Crippen LogP contribution in [0.25, 0.3) is 0 Å². The van der Waals surface area contributed by atoms with E-state index in [9.17, 15) is 0 Å². The van der Waals surface area contributed by atoms with Gasteiger partial charge < -0.3 is 19.5 Å². The summed E-state index contributed by atoms with van der Waals surface area (Å²) in [5, 5.41) is 3.44. The van der Waals surface area contributed by atoms with Crippen LogP contribution in [-0.4, -0.2) is 32.0 Å². The van der Waals surface area contributed by atoms with Gasteiger partial charge in [-0.2, -0.15) is 0 Å². The minimum Gasteiger partial charge on any atom is -0.490 e. The number of hydrogen-bond donors (Lipinski definition) is 1. The van der Waals surface area contributed by atoms with Crippen molar-refractivity contribution in [3.05, 3.63) is 23.8 Å². The van der Waals surface area contributed by atoms with Crippen LogP contribution in [0.15, 0.2) is 18.2 Å². The Morgan fingerprint density at radius 2 is 2.24 bits per heavy atom. The second-order valence-corrected chi connectivity index (χ2v) is 5.67. The van der Waals surface area contributed by atoms with E-state index in [0.29, 0.717) is 19.3 Å². The van der Waals surface area contributed by atoms with E-state index in [1.807, 2.05) is 19.1 Å². The summed E-state index contributed by atoms with van der Waals surface area (Å²) in [5.74, 6) is 1.69. The van der Waals surface area contributed by atoms with Crippen molar-refractivity contribution < 1.29 is 14.2 Å². The van der Waals surface area contributed by atoms with Crippen molar-refractivity contribution >= 4 is 0 Å². The molecule has 4 nitrogen and oxygen atoms in total. The molecule has 0 amide bonds. The summed E-state index contributed by atoms with van der Waals surface area (Å²) in [5.41, 5.74) is 1.14. The van der Waals surface area contributed by atoms with E-state index in [-0.39, 0.29) is 6.10 Å². The molecule has 1 aliphatic heterocycles. The van der Waals surface area contributed by atoms with Crippen molar-refractivity contribution in [2.75, 3.05) is 19.8 Å². The molecule has 0 aromatic heterocycles. The maximum absolute atomic E-state index is 6.21. The summed E-state index contributed by atoms with van der Waals surface area (Å²) >= 11 is 0. The van der Waals surface area contributed by atoms with Crippen molar-refractivity contribution in [1.29, 1.82) is 0 Å². The van der Waals surface area contributed by atoms with Crippen LogP contribution in [0.5, 0.6) is 11.5 Å². The first kappa shape index (κ1) is 16.1. The van der Waals surface area contributed by atoms with Gasteiger partial charge in [-0.25, -0.2) is 0 Å². The predicted molar refractivity (Wildman–Crippen MR) is 84.1 cm³/mol. The van der Waals surface area contributed by atoms with Crippen molar-refractivity contribution in [1.82, 2.24) is 5.32 Å². The van der Waals surface area contributed by atoms with E-state index >= 15 is 0 Å². The fourth-order valence-electron chi connectivity index (χ4n) is 2.39. The Labute approximate surface area is 127 Å². The number of ether oxygens (including phenoxy) is 3. The van der Waals surface area contributed by atoms with Crippen molar-refractivity contribution in [2.24, 2.45) is 0 Å². The number of para-hydroxylation sites is 1. The minimum atomic E-state index is 0.123. The van der Waals surface area contributed by atoms with Crippen LogP contribution >= 0.6 is 0 Å². The summed E-state index contributed by atoms with van der Waals surface area (Å²) < 4.78 is 17.5. The summed E-state index contributed by atoms with van der Waals surface area (Å²) in [6.07, 6.45) is 2.22. The van der Waals surface area contributed by atoms with Gasteiger partial charge in [-0.1, -0.05) is 26.0 Å². The molecule has 0 saturated carbocycles. The summed E-state index contributed by atoms with van der Waals surface area (Å²) in [6.45, 7) is 9.20. The first-order valence-corrected chi connectivity index (χ1v) is 7.93. The lowest BCUT2D eigenvalue weighted by molar-refractivity contribution is 0.00579. The molecule has 4 heteroatoms. The highest BCUT2D eigenvalue weighted by Gasteiger charge is 2.20. The summed E-state index contributed by atoms with van der Waals surface area (Å²) in [4.78, 5) is 0. The van der Waals surface area contributed by atoms with Gasteiger partial charge in [0, 0.05) is 24.8 Å². The van der Waals surface area contributed by atoms with Gasteiger partial charge in [0.05, 0.1) is 13.2 Å². The molecule has 0 radical (unpaired) electrons. The van der Waals surface area contributed by atoms with Crippen molar-refractivity contribution in [2.45, 2.75) is 52.3 Å². The highest BCUT2D eigenvalue weighted by atomic mass is 16.6. The van der Waals surface area contributed by atoms with Crippen LogP contribution in [0.4, 0.5) is 0 Å². The summed E-state index contributed by atoms with van der Waals surface area (Å²) in [6, 6.07) is 6.52. The fourth-order valence-corrected chi connectivity index (χ4v) is 2.39. The van der Waals surface area contributed by atoms with E-state index in [4.69, 9.17) is 14.2 Å². The zero-order valence-corrected chi connectivity index (χ0v) is 13.4. The molecule has 118 valence electrons. The van der Waals surface area contributed by atoms with Crippen molar-refractivity contribution in [3.63, 3.8) is 0 Å². The van der Waals surface area contributed by atoms with Crippen LogP contribution in [-0.2, 0) is 11.3 Å². The molecular formula is C17H27NO3. The molecule has 0 spiro atoms. The Kier molecular flexibility index (Phi) is 6.33. The maximum Gasteiger partial charge on any atom is 0.166 e. The molecule has 2 rings (SSSR count). The van der Waals surface area contributed by atoms with Crippen LogP contribution in [0.3, 0.4) is 0 Å². The minimum absolute atomic E-state index is 0.123. The fraction of sp³-hybridized carbons (Fsp3) is 0.647. The lowest BCUT2D eigenvalue weighted by Gasteiger charge is -2.26. The zero-order chi connectivity index (χ0) is 15.1. The maximum atomic E-state index is 6.21. The number of nitrogens with one attached hydrogen (secondary N) is 1. The quantitative estimate of drug-likeness (QED) is 0.838. The van der Waals surface area contributed by atoms with Crippen molar-refractivity contribution in [3.8, 4) is 11.5 Å². The van der Waals surface area contributed by atoms with Gasteiger partial charge in [0.25, 0.3) is 0 Å². The van der Waals surface area contributed by atoms with Crippen LogP contribution < -0.4 is 14.8 Å². The third kappa shape index (κ3) is 4.90. The van der Waals surface area contributed by atoms with E-state index in [0.717, 1.165) is 43.1 Å². The molecule has 0 aliphatic carbocycles. The van der Waals surface area contributed by atoms with Gasteiger partial charge in [0.1, 0.15) is 6.10 Å². The van der Waals surface area contributed by atoms with Gasteiger partial charge in [-0.05, 0) is 25.8 Å². The topological polar surface area (TPSA) is 39.7 Å². The Morgan fingerprint density at radius 1 is 1.38 bits per heavy atom. The van der Waals surface area contributed by atoms with Gasteiger partial charge in [0.15, 0.2) is 11.5 Å². The standard InChI is InChI=1S/C17H27NO3/c1-4-20-16-9-5-7-14(11-18-13(2)3)17(16)21-15-8-6-10-19-12-15/h5,7,9,13,15,18H,4,6,8,10-12H2,1-3H3. The van der Waals surface area contributed by atoms with Crippen LogP contribution in [0.2, 0.25) is 0 Å². The normalized spacial score (nSPS) is 18.8. The lowest BCUT2D eigenvalue weighted by Crippen LogP contribution is -2.29. The van der Waals surface area contributed by atoms with E-state index in [2.05, 4.69) is 25.2 Å². The SMILES string of the molecule is CCOc1cccc(CNC(C)C)c1OC1CCCOC1. The highest BCUT2D eigenvalue weighted by Crippen LogP contribution is 2.33. The molecule has 1 aromatic carbocycles. The van der Waals surface area contributed by atoms with E-state index < -0.39 is 0 Å². The molecule has 1 atom stereocenters. The monoisotopic (exact) mass is 293 g/mol. The lowest BCUT2D eigenvalue weighted by atomic mass is 10.1. The smallest absolute Gasteiger partial charge is 0.166 e. The number of hydrogen-bond acceptors (Lipinski definition) is 4. The third-order valence-electron chi connectivity index (χ3n) is 3.46. The Bertz CT molecular complexity index is 428. The summed E-state index contributed by atoms with van der Waals surface area (Å²) in [7, 11) is 0. The number of rotatable bonds is 7. The molecule has 1 heterocycles. The molecule has 1 aromatic rings. The van der Waals surface area contributed by atoms with Gasteiger partial charge in [-0.15, -0.1) is 0 Å². The van der Waals surface area contributed by atoms with Gasteiger partial charge in [-0.3, -0.25) is 0 Å². The molecule has 1 aliphatic rings. The molecule has 1 N–H and O–H groups in total. The largest absolute Gasteiger partial charge is 0.490 e. The molecule has 1 fully saturated rings. The molecule has 0 bridgehead atoms. The molecule has 21 heavy (non-hydrogen) atoms. The third-order valence-corrected chi connectivity index (χ3v) is 3.46. The zero-order valence-electron chi connectivity index (χ0n) is 13.4. The van der Waals surface area contributed by atoms with Crippen LogP contribution in [0.1, 0.15) is 39.2 Å². The van der Waals surface area contributed by atoms with Gasteiger partial charge in [0.2, 0.25) is 0 Å². The Hall–Kier alpha value is -1.26. The Morgan fingerprint density at radius 3 is 2.90 bits per heavy atom. The van der Waals surface area contributed by atoms with Gasteiger partial charge >= 0.3 is 0 Å².